The summed E-state index contributed by atoms with van der Waals surface area (Å²) >= 11 is 0. The van der Waals surface area contributed by atoms with Gasteiger partial charge in [0.15, 0.2) is 17.1 Å². The van der Waals surface area contributed by atoms with Crippen molar-refractivity contribution in [3.8, 4) is 11.5 Å². The summed E-state index contributed by atoms with van der Waals surface area (Å²) in [4.78, 5) is 40.6. The molecule has 1 aromatic carbocycles. The molecule has 7 nitrogen and oxygen atoms in total. The lowest BCUT2D eigenvalue weighted by atomic mass is 9.72. The van der Waals surface area contributed by atoms with E-state index in [1.807, 2.05) is 53.7 Å². The van der Waals surface area contributed by atoms with E-state index in [0.29, 0.717) is 11.3 Å². The molecule has 2 aliphatic rings. The Labute approximate surface area is 216 Å². The van der Waals surface area contributed by atoms with Gasteiger partial charge in [0.2, 0.25) is 5.43 Å². The van der Waals surface area contributed by atoms with E-state index >= 15 is 0 Å². The molecule has 2 aromatic rings. The number of ketones is 2. The second-order valence-electron chi connectivity index (χ2n) is 11.3. The van der Waals surface area contributed by atoms with E-state index < -0.39 is 40.0 Å². The topological polar surface area (TPSA) is 114 Å². The van der Waals surface area contributed by atoms with Crippen LogP contribution in [0.3, 0.4) is 0 Å². The van der Waals surface area contributed by atoms with Crippen LogP contribution in [-0.2, 0) is 20.6 Å². The number of aliphatic hydroxyl groups is 1. The maximum absolute atomic E-state index is 14.2. The van der Waals surface area contributed by atoms with Crippen molar-refractivity contribution in [3.63, 3.8) is 0 Å². The van der Waals surface area contributed by atoms with E-state index in [1.54, 1.807) is 12.2 Å². The highest BCUT2D eigenvalue weighted by atomic mass is 16.5. The van der Waals surface area contributed by atoms with Crippen molar-refractivity contribution < 1.29 is 29.0 Å². The molecule has 7 heteroatoms. The lowest BCUT2D eigenvalue weighted by Crippen LogP contribution is -2.43. The van der Waals surface area contributed by atoms with Gasteiger partial charge in [-0.3, -0.25) is 14.4 Å². The van der Waals surface area contributed by atoms with Crippen LogP contribution in [0.25, 0.3) is 17.0 Å². The van der Waals surface area contributed by atoms with E-state index in [0.717, 1.165) is 11.1 Å². The zero-order chi connectivity index (χ0) is 27.5. The van der Waals surface area contributed by atoms with Gasteiger partial charge < -0.3 is 19.4 Å². The second kappa shape index (κ2) is 8.84. The van der Waals surface area contributed by atoms with Gasteiger partial charge in [-0.1, -0.05) is 23.3 Å². The normalized spacial score (nSPS) is 20.7. The summed E-state index contributed by atoms with van der Waals surface area (Å²) in [5, 5.41) is 22.9. The number of phenolic OH excluding ortho intramolecular Hbond substituents is 1. The molecule has 1 aliphatic carbocycles. The lowest BCUT2D eigenvalue weighted by molar-refractivity contribution is -0.147. The van der Waals surface area contributed by atoms with Crippen molar-refractivity contribution in [2.45, 2.75) is 84.3 Å². The number of fused-ring (bicyclic) bond motifs is 3. The first kappa shape index (κ1) is 26.6. The van der Waals surface area contributed by atoms with Crippen molar-refractivity contribution in [1.82, 2.24) is 0 Å². The Morgan fingerprint density at radius 3 is 2.16 bits per heavy atom. The van der Waals surface area contributed by atoms with E-state index in [-0.39, 0.29) is 40.9 Å². The van der Waals surface area contributed by atoms with E-state index in [2.05, 4.69) is 0 Å². The van der Waals surface area contributed by atoms with Crippen LogP contribution in [0.4, 0.5) is 0 Å². The van der Waals surface area contributed by atoms with Crippen LogP contribution in [0.2, 0.25) is 0 Å². The number of benzene rings is 1. The Morgan fingerprint density at radius 2 is 1.62 bits per heavy atom. The number of carbonyl (C=O) groups excluding carboxylic acids is 2. The average Bonchev–Trinajstić information content (AvgIpc) is 2.94. The molecule has 0 spiro atoms. The lowest BCUT2D eigenvalue weighted by Gasteiger charge is -2.29. The summed E-state index contributed by atoms with van der Waals surface area (Å²) in [6.45, 7) is 12.5. The van der Waals surface area contributed by atoms with Crippen LogP contribution in [0.15, 0.2) is 44.7 Å². The molecule has 196 valence electrons. The summed E-state index contributed by atoms with van der Waals surface area (Å²) in [5.41, 5.74) is -2.89. The average molecular weight is 507 g/mol. The van der Waals surface area contributed by atoms with Crippen LogP contribution < -0.4 is 10.2 Å². The number of phenols is 1. The Hall–Kier alpha value is -3.45. The third-order valence-electron chi connectivity index (χ3n) is 7.07. The van der Waals surface area contributed by atoms with Crippen LogP contribution in [0, 0.1) is 0 Å². The Kier molecular flexibility index (Phi) is 6.36. The van der Waals surface area contributed by atoms with Crippen molar-refractivity contribution in [2.75, 3.05) is 0 Å². The molecule has 37 heavy (non-hydrogen) atoms. The molecule has 0 amide bonds. The monoisotopic (exact) mass is 506 g/mol. The van der Waals surface area contributed by atoms with Crippen molar-refractivity contribution in [1.29, 1.82) is 0 Å². The Balaban J connectivity index is 2.15. The van der Waals surface area contributed by atoms with E-state index in [1.165, 1.54) is 13.0 Å². The fraction of sp³-hybridized carbons (Fsp3) is 0.433. The summed E-state index contributed by atoms with van der Waals surface area (Å²) in [7, 11) is 0. The van der Waals surface area contributed by atoms with Gasteiger partial charge in [0.25, 0.3) is 0 Å². The Morgan fingerprint density at radius 1 is 1.03 bits per heavy atom. The minimum Gasteiger partial charge on any atom is -0.506 e. The Bertz CT molecular complexity index is 1450. The maximum atomic E-state index is 14.2. The van der Waals surface area contributed by atoms with Gasteiger partial charge in [-0.15, -0.1) is 0 Å². The smallest absolute Gasteiger partial charge is 0.201 e. The molecule has 1 aromatic heterocycles. The summed E-state index contributed by atoms with van der Waals surface area (Å²) < 4.78 is 12.1. The van der Waals surface area contributed by atoms with Crippen LogP contribution in [-0.4, -0.2) is 27.4 Å². The molecule has 2 N–H and O–H groups in total. The fourth-order valence-electron chi connectivity index (χ4n) is 5.26. The molecule has 0 radical (unpaired) electrons. The summed E-state index contributed by atoms with van der Waals surface area (Å²) in [5.74, 6) is -1.32. The van der Waals surface area contributed by atoms with E-state index in [9.17, 15) is 24.6 Å². The quantitative estimate of drug-likeness (QED) is 0.506. The molecule has 0 unspecified atom stereocenters. The third-order valence-corrected chi connectivity index (χ3v) is 7.07. The number of Topliss-reactive ketones (excluding diaryl/α,β-unsaturated/α-hetero) is 2. The first-order chi connectivity index (χ1) is 17.1. The molecule has 4 rings (SSSR count). The molecule has 0 fully saturated rings. The van der Waals surface area contributed by atoms with Gasteiger partial charge in [0.1, 0.15) is 33.9 Å². The number of allylic oxidation sites excluding steroid dienone is 4. The first-order valence-electron chi connectivity index (χ1n) is 12.4. The number of hydrogen-bond acceptors (Lipinski definition) is 7. The molecular formula is C30H34O7. The SMILES string of the molecule is CC(=O)C[C@@]1(O)C(=O)C(CC=C(C)C)(CC=C(C)C)c2c1oc1cc3c(c(O)c1c2=O)C=CC(C)(C)O3. The number of carbonyl (C=O) groups is 2. The molecule has 2 heterocycles. The number of rotatable bonds is 6. The van der Waals surface area contributed by atoms with Gasteiger partial charge in [-0.05, 0) is 73.5 Å². The van der Waals surface area contributed by atoms with Crippen LogP contribution in [0.5, 0.6) is 11.5 Å². The minimum atomic E-state index is -2.31. The van der Waals surface area contributed by atoms with Gasteiger partial charge in [-0.25, -0.2) is 0 Å². The standard InChI is InChI=1S/C30H34O7/c1-16(2)8-12-29(13-9-17(3)4)23-25(33)22-21(36-26(23)30(35,27(29)34)15-18(5)31)14-20-19(24(22)32)10-11-28(6,7)37-20/h8-11,14,32,35H,12-13,15H2,1-7H3/t30-/m0/s1. The highest BCUT2D eigenvalue weighted by Gasteiger charge is 2.62. The van der Waals surface area contributed by atoms with Crippen LogP contribution >= 0.6 is 0 Å². The minimum absolute atomic E-state index is 0.0139. The zero-order valence-corrected chi connectivity index (χ0v) is 22.4. The predicted octanol–water partition coefficient (Wildman–Crippen LogP) is 5.38. The van der Waals surface area contributed by atoms with Crippen molar-refractivity contribution >= 4 is 28.6 Å². The van der Waals surface area contributed by atoms with Crippen molar-refractivity contribution in [2.24, 2.45) is 0 Å². The third kappa shape index (κ3) is 4.25. The molecular weight excluding hydrogens is 472 g/mol. The molecule has 1 aliphatic heterocycles. The number of aromatic hydroxyl groups is 1. The molecule has 0 saturated carbocycles. The maximum Gasteiger partial charge on any atom is 0.201 e. The van der Waals surface area contributed by atoms with Gasteiger partial charge in [0, 0.05) is 12.5 Å². The second-order valence-corrected chi connectivity index (χ2v) is 11.3. The molecule has 0 bridgehead atoms. The summed E-state index contributed by atoms with van der Waals surface area (Å²) in [6.07, 6.45) is 6.89. The van der Waals surface area contributed by atoms with Crippen LogP contribution in [0.1, 0.15) is 84.6 Å². The largest absolute Gasteiger partial charge is 0.506 e. The summed E-state index contributed by atoms with van der Waals surface area (Å²) in [6, 6.07) is 1.49. The number of hydrogen-bond donors (Lipinski definition) is 2. The van der Waals surface area contributed by atoms with E-state index in [4.69, 9.17) is 9.15 Å². The zero-order valence-electron chi connectivity index (χ0n) is 22.4. The fourth-order valence-corrected chi connectivity index (χ4v) is 5.26. The first-order valence-corrected chi connectivity index (χ1v) is 12.4. The van der Waals surface area contributed by atoms with Gasteiger partial charge in [0.05, 0.1) is 16.5 Å². The number of ether oxygens (including phenoxy) is 1. The van der Waals surface area contributed by atoms with Gasteiger partial charge >= 0.3 is 0 Å². The molecule has 0 saturated heterocycles. The predicted molar refractivity (Wildman–Crippen MR) is 142 cm³/mol. The highest BCUT2D eigenvalue weighted by molar-refractivity contribution is 6.06. The highest BCUT2D eigenvalue weighted by Crippen LogP contribution is 2.52. The van der Waals surface area contributed by atoms with Crippen molar-refractivity contribution in [3.05, 3.63) is 62.6 Å². The molecule has 1 atom stereocenters. The van der Waals surface area contributed by atoms with Gasteiger partial charge in [-0.2, -0.15) is 0 Å².